The summed E-state index contributed by atoms with van der Waals surface area (Å²) >= 11 is 3.46. The second kappa shape index (κ2) is 11.1. The van der Waals surface area contributed by atoms with Gasteiger partial charge in [-0.3, -0.25) is 0 Å². The zero-order valence-corrected chi connectivity index (χ0v) is 23.1. The van der Waals surface area contributed by atoms with Crippen molar-refractivity contribution in [3.05, 3.63) is 78.6 Å². The van der Waals surface area contributed by atoms with E-state index in [9.17, 15) is 15.3 Å². The molecule has 2 heterocycles. The van der Waals surface area contributed by atoms with Gasteiger partial charge in [0.25, 0.3) is 0 Å². The number of nitrogens with zero attached hydrogens (tertiary/aromatic N) is 3. The van der Waals surface area contributed by atoms with Crippen molar-refractivity contribution < 1.29 is 14.3 Å². The summed E-state index contributed by atoms with van der Waals surface area (Å²) in [5.74, 6) is -0.925. The Labute approximate surface area is 223 Å². The van der Waals surface area contributed by atoms with Gasteiger partial charge in [0.1, 0.15) is 28.5 Å². The number of nitrogens with two attached hydrogens (primary N) is 1. The van der Waals surface area contributed by atoms with E-state index in [0.717, 1.165) is 26.0 Å². The van der Waals surface area contributed by atoms with E-state index in [4.69, 9.17) is 15.2 Å². The number of hydrogen-bond acceptors (Lipinski definition) is 8. The molecule has 180 valence electrons. The van der Waals surface area contributed by atoms with Crippen molar-refractivity contribution in [1.82, 2.24) is 4.98 Å². The number of esters is 1. The van der Waals surface area contributed by atoms with Crippen LogP contribution in [-0.2, 0) is 14.3 Å². The fourth-order valence-electron chi connectivity index (χ4n) is 3.73. The van der Waals surface area contributed by atoms with Gasteiger partial charge in [-0.05, 0) is 86.0 Å². The summed E-state index contributed by atoms with van der Waals surface area (Å²) in [7, 11) is 0. The molecular formula is C26H25IN4O3S. The lowest BCUT2D eigenvalue weighted by Gasteiger charge is -2.28. The van der Waals surface area contributed by atoms with Crippen LogP contribution in [0, 0.1) is 47.0 Å². The molecule has 0 saturated heterocycles. The third-order valence-electron chi connectivity index (χ3n) is 5.66. The first kappa shape index (κ1) is 26.6. The van der Waals surface area contributed by atoms with Gasteiger partial charge in [0.2, 0.25) is 5.88 Å². The van der Waals surface area contributed by atoms with Crippen LogP contribution in [0.4, 0.5) is 0 Å². The highest BCUT2D eigenvalue weighted by atomic mass is 127. The number of benzene rings is 1. The summed E-state index contributed by atoms with van der Waals surface area (Å²) in [5, 5.41) is 20.2. The number of carbonyl (C=O) groups excluding carboxylic acids is 1. The molecule has 1 aliphatic rings. The standard InChI is InChI=1S/C26H25IN4O3S/c1-13(2)33-26(32)23-21(12-35-25-19(10-28)15(4)14(3)16(5)31-25)34-24(30)20(11-29)22(23)17-7-6-8-18(27)9-17/h6-9,13,22H,12,30H2,1-5H3/t22-/m1/s1. The minimum atomic E-state index is -0.741. The van der Waals surface area contributed by atoms with Gasteiger partial charge in [-0.1, -0.05) is 23.9 Å². The Morgan fingerprint density at radius 3 is 2.57 bits per heavy atom. The minimum absolute atomic E-state index is 0.0576. The summed E-state index contributed by atoms with van der Waals surface area (Å²) in [6.45, 7) is 9.23. The van der Waals surface area contributed by atoms with Crippen LogP contribution in [0.2, 0.25) is 0 Å². The van der Waals surface area contributed by atoms with Crippen molar-refractivity contribution in [2.45, 2.75) is 51.7 Å². The molecular weight excluding hydrogens is 575 g/mol. The van der Waals surface area contributed by atoms with Gasteiger partial charge in [0, 0.05) is 9.26 Å². The van der Waals surface area contributed by atoms with E-state index in [1.807, 2.05) is 45.0 Å². The molecule has 0 aliphatic carbocycles. The predicted molar refractivity (Wildman–Crippen MR) is 142 cm³/mol. The van der Waals surface area contributed by atoms with Gasteiger partial charge >= 0.3 is 5.97 Å². The van der Waals surface area contributed by atoms with Crippen molar-refractivity contribution in [3.63, 3.8) is 0 Å². The van der Waals surface area contributed by atoms with Crippen molar-refractivity contribution in [1.29, 1.82) is 10.5 Å². The molecule has 0 unspecified atom stereocenters. The van der Waals surface area contributed by atoms with Crippen molar-refractivity contribution in [2.75, 3.05) is 5.75 Å². The lowest BCUT2D eigenvalue weighted by atomic mass is 9.83. The summed E-state index contributed by atoms with van der Waals surface area (Å²) in [6.07, 6.45) is -0.372. The van der Waals surface area contributed by atoms with Crippen LogP contribution >= 0.6 is 34.4 Å². The molecule has 35 heavy (non-hydrogen) atoms. The normalized spacial score (nSPS) is 15.5. The van der Waals surface area contributed by atoms with Gasteiger partial charge in [0.15, 0.2) is 0 Å². The molecule has 0 spiro atoms. The maximum Gasteiger partial charge on any atom is 0.338 e. The first-order chi connectivity index (χ1) is 16.6. The number of thioether (sulfide) groups is 1. The molecule has 0 saturated carbocycles. The number of rotatable bonds is 6. The Morgan fingerprint density at radius 1 is 1.26 bits per heavy atom. The Kier molecular flexibility index (Phi) is 8.47. The third kappa shape index (κ3) is 5.63. The summed E-state index contributed by atoms with van der Waals surface area (Å²) in [6, 6.07) is 11.9. The molecule has 0 amide bonds. The van der Waals surface area contributed by atoms with E-state index in [2.05, 4.69) is 39.7 Å². The van der Waals surface area contributed by atoms with Gasteiger partial charge < -0.3 is 15.2 Å². The third-order valence-corrected chi connectivity index (χ3v) is 7.30. The van der Waals surface area contributed by atoms with Crippen LogP contribution < -0.4 is 5.73 Å². The maximum absolute atomic E-state index is 13.3. The first-order valence-electron chi connectivity index (χ1n) is 10.9. The maximum atomic E-state index is 13.3. The zero-order chi connectivity index (χ0) is 25.9. The number of carbonyl (C=O) groups is 1. The number of aryl methyl sites for hydroxylation is 1. The minimum Gasteiger partial charge on any atom is -0.459 e. The number of aromatic nitrogens is 1. The number of pyridine rings is 1. The Bertz CT molecular complexity index is 1340. The van der Waals surface area contributed by atoms with Gasteiger partial charge in [-0.15, -0.1) is 0 Å². The number of allylic oxidation sites excluding steroid dienone is 1. The lowest BCUT2D eigenvalue weighted by Crippen LogP contribution is -2.28. The Balaban J connectivity index is 2.15. The fourth-order valence-corrected chi connectivity index (χ4v) is 5.32. The second-order valence-corrected chi connectivity index (χ2v) is 10.5. The number of halogens is 1. The van der Waals surface area contributed by atoms with Gasteiger partial charge in [0.05, 0.1) is 28.9 Å². The van der Waals surface area contributed by atoms with E-state index >= 15 is 0 Å². The van der Waals surface area contributed by atoms with E-state index in [-0.39, 0.29) is 34.6 Å². The molecule has 1 aliphatic heterocycles. The van der Waals surface area contributed by atoms with Crippen LogP contribution in [0.1, 0.15) is 47.7 Å². The summed E-state index contributed by atoms with van der Waals surface area (Å²) in [4.78, 5) is 17.9. The van der Waals surface area contributed by atoms with Crippen LogP contribution in [-0.4, -0.2) is 22.8 Å². The lowest BCUT2D eigenvalue weighted by molar-refractivity contribution is -0.143. The monoisotopic (exact) mass is 600 g/mol. The molecule has 1 aromatic carbocycles. The van der Waals surface area contributed by atoms with E-state index in [1.165, 1.54) is 11.8 Å². The van der Waals surface area contributed by atoms with Gasteiger partial charge in [-0.25, -0.2) is 9.78 Å². The Morgan fingerprint density at radius 2 is 1.97 bits per heavy atom. The van der Waals surface area contributed by atoms with Crippen molar-refractivity contribution in [2.24, 2.45) is 5.73 Å². The van der Waals surface area contributed by atoms with Crippen molar-refractivity contribution in [3.8, 4) is 12.1 Å². The highest BCUT2D eigenvalue weighted by Gasteiger charge is 2.38. The molecule has 7 nitrogen and oxygen atoms in total. The molecule has 9 heteroatoms. The van der Waals surface area contributed by atoms with E-state index in [1.54, 1.807) is 13.8 Å². The van der Waals surface area contributed by atoms with Crippen LogP contribution in [0.25, 0.3) is 0 Å². The summed E-state index contributed by atoms with van der Waals surface area (Å²) in [5.41, 5.74) is 10.4. The van der Waals surface area contributed by atoms with Crippen molar-refractivity contribution >= 4 is 40.3 Å². The SMILES string of the molecule is Cc1nc(SCC2=C(C(=O)OC(C)C)[C@H](c3cccc(I)c3)C(C#N)=C(N)O2)c(C#N)c(C)c1C. The average molecular weight is 600 g/mol. The average Bonchev–Trinajstić information content (AvgIpc) is 2.80. The second-order valence-electron chi connectivity index (χ2n) is 8.30. The highest BCUT2D eigenvalue weighted by Crippen LogP contribution is 2.42. The highest BCUT2D eigenvalue weighted by molar-refractivity contribution is 14.1. The van der Waals surface area contributed by atoms with Gasteiger partial charge in [-0.2, -0.15) is 10.5 Å². The topological polar surface area (TPSA) is 122 Å². The fraction of sp³-hybridized carbons (Fsp3) is 0.308. The summed E-state index contributed by atoms with van der Waals surface area (Å²) < 4.78 is 12.3. The van der Waals surface area contributed by atoms with E-state index in [0.29, 0.717) is 10.6 Å². The molecule has 0 bridgehead atoms. The smallest absolute Gasteiger partial charge is 0.338 e. The quantitative estimate of drug-likeness (QED) is 0.270. The molecule has 3 rings (SSSR count). The molecule has 1 aromatic heterocycles. The molecule has 0 fully saturated rings. The first-order valence-corrected chi connectivity index (χ1v) is 12.9. The molecule has 0 radical (unpaired) electrons. The number of ether oxygens (including phenoxy) is 2. The predicted octanol–water partition coefficient (Wildman–Crippen LogP) is 5.29. The zero-order valence-electron chi connectivity index (χ0n) is 20.1. The largest absolute Gasteiger partial charge is 0.459 e. The number of nitriles is 2. The van der Waals surface area contributed by atoms with E-state index < -0.39 is 11.9 Å². The molecule has 2 aromatic rings. The molecule has 2 N–H and O–H groups in total. The van der Waals surface area contributed by atoms with Crippen LogP contribution in [0.3, 0.4) is 0 Å². The number of hydrogen-bond donors (Lipinski definition) is 1. The Hall–Kier alpha value is -3.02. The van der Waals surface area contributed by atoms with Crippen LogP contribution in [0.5, 0.6) is 0 Å². The molecule has 1 atom stereocenters. The van der Waals surface area contributed by atoms with Crippen LogP contribution in [0.15, 0.2) is 52.1 Å².